The lowest BCUT2D eigenvalue weighted by molar-refractivity contribution is 0.0475. The highest BCUT2D eigenvalue weighted by Crippen LogP contribution is 2.26. The smallest absolute Gasteiger partial charge is 0.261 e. The van der Waals surface area contributed by atoms with Gasteiger partial charge in [0.2, 0.25) is 0 Å². The van der Waals surface area contributed by atoms with E-state index in [1.807, 2.05) is 0 Å². The molecule has 3 amide bonds. The van der Waals surface area contributed by atoms with E-state index < -0.39 is 11.8 Å². The number of imide groups is 1. The van der Waals surface area contributed by atoms with Gasteiger partial charge in [-0.2, -0.15) is 0 Å². The Hall–Kier alpha value is -3.06. The molecule has 28 heavy (non-hydrogen) atoms. The summed E-state index contributed by atoms with van der Waals surface area (Å²) in [6, 6.07) is 8.50. The number of hydrogen-bond donors (Lipinski definition) is 1. The minimum atomic E-state index is -0.435. The number of halogens is 1. The van der Waals surface area contributed by atoms with E-state index in [0.29, 0.717) is 17.9 Å². The van der Waals surface area contributed by atoms with Crippen LogP contribution in [0, 0.1) is 12.7 Å². The largest absolute Gasteiger partial charge is 0.376 e. The summed E-state index contributed by atoms with van der Waals surface area (Å²) in [5.41, 5.74) is 1.82. The first-order valence-corrected chi connectivity index (χ1v) is 9.13. The fraction of sp³-hybridized carbons (Fsp3) is 0.286. The number of amides is 3. The molecule has 6 nitrogen and oxygen atoms in total. The normalized spacial score (nSPS) is 18.5. The molecule has 0 bridgehead atoms. The summed E-state index contributed by atoms with van der Waals surface area (Å²) in [7, 11) is 0. The maximum absolute atomic E-state index is 13.2. The molecule has 1 N–H and O–H groups in total. The molecule has 2 aliphatic rings. The SMILES string of the molecule is Cc1cc(F)ccc1NC(=O)c1ccc2c(c1)C(=O)N(CC1CCCO1)C2=O. The van der Waals surface area contributed by atoms with Crippen LogP contribution in [0.4, 0.5) is 10.1 Å². The van der Waals surface area contributed by atoms with Gasteiger partial charge in [-0.1, -0.05) is 0 Å². The number of nitrogens with one attached hydrogen (secondary N) is 1. The van der Waals surface area contributed by atoms with Crippen molar-refractivity contribution in [3.63, 3.8) is 0 Å². The third-order valence-electron chi connectivity index (χ3n) is 5.08. The van der Waals surface area contributed by atoms with Gasteiger partial charge in [-0.05, 0) is 61.7 Å². The topological polar surface area (TPSA) is 75.7 Å². The minimum Gasteiger partial charge on any atom is -0.376 e. The first-order chi connectivity index (χ1) is 13.4. The van der Waals surface area contributed by atoms with Crippen molar-refractivity contribution in [1.29, 1.82) is 0 Å². The Kier molecular flexibility index (Phi) is 4.68. The van der Waals surface area contributed by atoms with Gasteiger partial charge in [0.15, 0.2) is 0 Å². The zero-order valence-corrected chi connectivity index (χ0v) is 15.3. The Labute approximate surface area is 161 Å². The molecule has 2 aliphatic heterocycles. The highest BCUT2D eigenvalue weighted by atomic mass is 19.1. The number of rotatable bonds is 4. The molecule has 7 heteroatoms. The molecule has 0 spiro atoms. The lowest BCUT2D eigenvalue weighted by Gasteiger charge is -2.17. The van der Waals surface area contributed by atoms with Crippen molar-refractivity contribution < 1.29 is 23.5 Å². The number of carbonyl (C=O) groups excluding carboxylic acids is 3. The van der Waals surface area contributed by atoms with E-state index in [1.54, 1.807) is 6.92 Å². The molecule has 1 fully saturated rings. The summed E-state index contributed by atoms with van der Waals surface area (Å²) in [6.45, 7) is 2.55. The van der Waals surface area contributed by atoms with Crippen molar-refractivity contribution in [2.45, 2.75) is 25.9 Å². The quantitative estimate of drug-likeness (QED) is 0.825. The van der Waals surface area contributed by atoms with Crippen LogP contribution in [-0.4, -0.2) is 41.9 Å². The van der Waals surface area contributed by atoms with Crippen LogP contribution >= 0.6 is 0 Å². The molecular weight excluding hydrogens is 363 g/mol. The summed E-state index contributed by atoms with van der Waals surface area (Å²) >= 11 is 0. The lowest BCUT2D eigenvalue weighted by Crippen LogP contribution is -2.36. The van der Waals surface area contributed by atoms with Crippen molar-refractivity contribution in [2.24, 2.45) is 0 Å². The lowest BCUT2D eigenvalue weighted by atomic mass is 10.0. The zero-order chi connectivity index (χ0) is 19.8. The fourth-order valence-electron chi connectivity index (χ4n) is 3.55. The number of nitrogens with zero attached hydrogens (tertiary/aromatic N) is 1. The molecule has 1 saturated heterocycles. The predicted molar refractivity (Wildman–Crippen MR) is 99.9 cm³/mol. The van der Waals surface area contributed by atoms with Gasteiger partial charge in [-0.25, -0.2) is 4.39 Å². The van der Waals surface area contributed by atoms with Gasteiger partial charge < -0.3 is 10.1 Å². The number of aryl methyl sites for hydroxylation is 1. The summed E-state index contributed by atoms with van der Waals surface area (Å²) in [5, 5.41) is 2.71. The van der Waals surface area contributed by atoms with E-state index in [9.17, 15) is 18.8 Å². The number of anilines is 1. The van der Waals surface area contributed by atoms with Crippen LogP contribution in [0.5, 0.6) is 0 Å². The van der Waals surface area contributed by atoms with Gasteiger partial charge in [-0.3, -0.25) is 19.3 Å². The van der Waals surface area contributed by atoms with Crippen LogP contribution in [0.25, 0.3) is 0 Å². The second-order valence-corrected chi connectivity index (χ2v) is 7.03. The molecule has 2 aromatic carbocycles. The second kappa shape index (κ2) is 7.16. The molecule has 0 radical (unpaired) electrons. The van der Waals surface area contributed by atoms with Crippen LogP contribution in [0.2, 0.25) is 0 Å². The summed E-state index contributed by atoms with van der Waals surface area (Å²) < 4.78 is 18.7. The number of hydrogen-bond acceptors (Lipinski definition) is 4. The Morgan fingerprint density at radius 2 is 1.96 bits per heavy atom. The first-order valence-electron chi connectivity index (χ1n) is 9.13. The molecule has 0 aliphatic carbocycles. The van der Waals surface area contributed by atoms with E-state index in [1.165, 1.54) is 41.3 Å². The highest BCUT2D eigenvalue weighted by Gasteiger charge is 2.37. The Morgan fingerprint density at radius 3 is 2.68 bits per heavy atom. The molecule has 2 heterocycles. The average Bonchev–Trinajstić information content (AvgIpc) is 3.27. The van der Waals surface area contributed by atoms with E-state index in [2.05, 4.69) is 5.32 Å². The third kappa shape index (κ3) is 3.29. The fourth-order valence-corrected chi connectivity index (χ4v) is 3.55. The number of fused-ring (bicyclic) bond motifs is 1. The molecule has 1 atom stereocenters. The summed E-state index contributed by atoms with van der Waals surface area (Å²) in [5.74, 6) is -1.60. The standard InChI is InChI=1S/C21H19FN2O4/c1-12-9-14(22)5-7-18(12)23-19(25)13-4-6-16-17(10-13)21(27)24(20(16)26)11-15-3-2-8-28-15/h4-7,9-10,15H,2-3,8,11H2,1H3,(H,23,25). The van der Waals surface area contributed by atoms with E-state index >= 15 is 0 Å². The third-order valence-corrected chi connectivity index (χ3v) is 5.08. The number of benzene rings is 2. The number of ether oxygens (including phenoxy) is 1. The van der Waals surface area contributed by atoms with Crippen LogP contribution in [0.3, 0.4) is 0 Å². The van der Waals surface area contributed by atoms with E-state index in [-0.39, 0.29) is 41.1 Å². The Morgan fingerprint density at radius 1 is 1.18 bits per heavy atom. The second-order valence-electron chi connectivity index (χ2n) is 7.03. The van der Waals surface area contributed by atoms with Gasteiger partial charge in [-0.15, -0.1) is 0 Å². The van der Waals surface area contributed by atoms with Gasteiger partial charge in [0.1, 0.15) is 5.82 Å². The van der Waals surface area contributed by atoms with Crippen molar-refractivity contribution in [3.05, 3.63) is 64.5 Å². The van der Waals surface area contributed by atoms with E-state index in [0.717, 1.165) is 12.8 Å². The summed E-state index contributed by atoms with van der Waals surface area (Å²) in [4.78, 5) is 39.0. The van der Waals surface area contributed by atoms with Crippen molar-refractivity contribution in [2.75, 3.05) is 18.5 Å². The zero-order valence-electron chi connectivity index (χ0n) is 15.3. The first kappa shape index (κ1) is 18.3. The van der Waals surface area contributed by atoms with Gasteiger partial charge in [0.05, 0.1) is 23.8 Å². The van der Waals surface area contributed by atoms with Gasteiger partial charge >= 0.3 is 0 Å². The molecule has 0 aromatic heterocycles. The van der Waals surface area contributed by atoms with Crippen molar-refractivity contribution in [1.82, 2.24) is 4.90 Å². The maximum atomic E-state index is 13.2. The summed E-state index contributed by atoms with van der Waals surface area (Å²) in [6.07, 6.45) is 1.60. The minimum absolute atomic E-state index is 0.133. The van der Waals surface area contributed by atoms with Crippen LogP contribution < -0.4 is 5.32 Å². The molecule has 4 rings (SSSR count). The molecular formula is C21H19FN2O4. The molecule has 1 unspecified atom stereocenters. The van der Waals surface area contributed by atoms with Crippen LogP contribution in [-0.2, 0) is 4.74 Å². The Bertz CT molecular complexity index is 982. The van der Waals surface area contributed by atoms with Crippen molar-refractivity contribution in [3.8, 4) is 0 Å². The molecule has 144 valence electrons. The van der Waals surface area contributed by atoms with Gasteiger partial charge in [0.25, 0.3) is 17.7 Å². The van der Waals surface area contributed by atoms with Crippen LogP contribution in [0.15, 0.2) is 36.4 Å². The Balaban J connectivity index is 1.54. The van der Waals surface area contributed by atoms with Gasteiger partial charge in [0, 0.05) is 17.9 Å². The van der Waals surface area contributed by atoms with Crippen LogP contribution in [0.1, 0.15) is 49.5 Å². The highest BCUT2D eigenvalue weighted by molar-refractivity contribution is 6.22. The monoisotopic (exact) mass is 382 g/mol. The predicted octanol–water partition coefficient (Wildman–Crippen LogP) is 3.16. The van der Waals surface area contributed by atoms with Crippen molar-refractivity contribution >= 4 is 23.4 Å². The number of carbonyl (C=O) groups is 3. The molecule has 2 aromatic rings. The van der Waals surface area contributed by atoms with E-state index in [4.69, 9.17) is 4.74 Å². The average molecular weight is 382 g/mol. The maximum Gasteiger partial charge on any atom is 0.261 e. The molecule has 0 saturated carbocycles.